The van der Waals surface area contributed by atoms with Gasteiger partial charge in [0.1, 0.15) is 5.82 Å². The molecule has 1 unspecified atom stereocenters. The monoisotopic (exact) mass is 344 g/mol. The fourth-order valence-electron chi connectivity index (χ4n) is 4.57. The average molecular weight is 345 g/mol. The number of aryl methyl sites for hydroxylation is 2. The van der Waals surface area contributed by atoms with E-state index in [1.165, 1.54) is 57.4 Å². The van der Waals surface area contributed by atoms with Gasteiger partial charge in [-0.25, -0.2) is 4.98 Å². The van der Waals surface area contributed by atoms with Crippen LogP contribution < -0.4 is 5.32 Å². The first-order valence-electron chi connectivity index (χ1n) is 10.1. The summed E-state index contributed by atoms with van der Waals surface area (Å²) in [7, 11) is 1.90. The lowest BCUT2D eigenvalue weighted by Gasteiger charge is -2.32. The SMILES string of the molecule is CN=C(NCc1cn2c(n1)CCCC2)N1CCC(N2CCCCC2)C1. The van der Waals surface area contributed by atoms with Crippen LogP contribution >= 0.6 is 0 Å². The van der Waals surface area contributed by atoms with Crippen molar-refractivity contribution in [1.29, 1.82) is 0 Å². The van der Waals surface area contributed by atoms with E-state index in [4.69, 9.17) is 4.98 Å². The second-order valence-electron chi connectivity index (χ2n) is 7.68. The van der Waals surface area contributed by atoms with Crippen molar-refractivity contribution in [2.75, 3.05) is 33.2 Å². The lowest BCUT2D eigenvalue weighted by Crippen LogP contribution is -2.44. The average Bonchev–Trinajstić information content (AvgIpc) is 3.30. The first kappa shape index (κ1) is 16.9. The van der Waals surface area contributed by atoms with Crippen LogP contribution in [0.1, 0.15) is 50.0 Å². The predicted octanol–water partition coefficient (Wildman–Crippen LogP) is 1.85. The van der Waals surface area contributed by atoms with Crippen LogP contribution in [0.15, 0.2) is 11.2 Å². The molecule has 25 heavy (non-hydrogen) atoms. The van der Waals surface area contributed by atoms with Gasteiger partial charge in [0.15, 0.2) is 5.96 Å². The molecule has 0 radical (unpaired) electrons. The third-order valence-corrected chi connectivity index (χ3v) is 5.97. The minimum Gasteiger partial charge on any atom is -0.351 e. The molecule has 1 N–H and O–H groups in total. The van der Waals surface area contributed by atoms with Crippen LogP contribution in [0.2, 0.25) is 0 Å². The molecule has 138 valence electrons. The van der Waals surface area contributed by atoms with Crippen molar-refractivity contribution in [1.82, 2.24) is 24.7 Å². The molecule has 0 amide bonds. The summed E-state index contributed by atoms with van der Waals surface area (Å²) in [6.07, 6.45) is 11.3. The number of rotatable bonds is 3. The standard InChI is InChI=1S/C19H32N6/c1-20-19(21-13-16-14-24-11-6-3-7-18(24)22-16)25-12-8-17(15-25)23-9-4-2-5-10-23/h14,17H,2-13,15H2,1H3,(H,20,21). The zero-order valence-corrected chi connectivity index (χ0v) is 15.6. The van der Waals surface area contributed by atoms with Crippen molar-refractivity contribution in [3.8, 4) is 0 Å². The summed E-state index contributed by atoms with van der Waals surface area (Å²) >= 11 is 0. The third kappa shape index (κ3) is 3.84. The summed E-state index contributed by atoms with van der Waals surface area (Å²) in [5, 5.41) is 3.54. The normalized spacial score (nSPS) is 25.2. The number of fused-ring (bicyclic) bond motifs is 1. The number of hydrogen-bond donors (Lipinski definition) is 1. The molecule has 0 spiro atoms. The Kier molecular flexibility index (Phi) is 5.25. The van der Waals surface area contributed by atoms with E-state index >= 15 is 0 Å². The number of nitrogens with zero attached hydrogens (tertiary/aromatic N) is 5. The Balaban J connectivity index is 1.31. The summed E-state index contributed by atoms with van der Waals surface area (Å²) in [4.78, 5) is 14.4. The zero-order valence-electron chi connectivity index (χ0n) is 15.6. The third-order valence-electron chi connectivity index (χ3n) is 5.97. The minimum absolute atomic E-state index is 0.707. The maximum atomic E-state index is 4.79. The van der Waals surface area contributed by atoms with Gasteiger partial charge in [-0.3, -0.25) is 9.89 Å². The molecule has 2 saturated heterocycles. The van der Waals surface area contributed by atoms with Gasteiger partial charge in [0.2, 0.25) is 0 Å². The number of imidazole rings is 1. The van der Waals surface area contributed by atoms with Crippen molar-refractivity contribution in [3.63, 3.8) is 0 Å². The van der Waals surface area contributed by atoms with Gasteiger partial charge in [-0.2, -0.15) is 0 Å². The van der Waals surface area contributed by atoms with Gasteiger partial charge in [0.05, 0.1) is 12.2 Å². The summed E-state index contributed by atoms with van der Waals surface area (Å²) in [5.74, 6) is 2.29. The Bertz CT molecular complexity index is 578. The Morgan fingerprint density at radius 3 is 2.80 bits per heavy atom. The van der Waals surface area contributed by atoms with E-state index in [0.717, 1.165) is 44.3 Å². The second-order valence-corrected chi connectivity index (χ2v) is 7.68. The molecule has 4 heterocycles. The number of hydrogen-bond acceptors (Lipinski definition) is 3. The molecular formula is C19H32N6. The van der Waals surface area contributed by atoms with Crippen LogP contribution in [-0.2, 0) is 19.5 Å². The molecule has 3 aliphatic heterocycles. The molecule has 0 bridgehead atoms. The first-order valence-corrected chi connectivity index (χ1v) is 10.1. The fourth-order valence-corrected chi connectivity index (χ4v) is 4.57. The Morgan fingerprint density at radius 2 is 2.00 bits per heavy atom. The van der Waals surface area contributed by atoms with Crippen molar-refractivity contribution < 1.29 is 0 Å². The van der Waals surface area contributed by atoms with Gasteiger partial charge < -0.3 is 14.8 Å². The van der Waals surface area contributed by atoms with Crippen LogP contribution in [0.25, 0.3) is 0 Å². The highest BCUT2D eigenvalue weighted by Crippen LogP contribution is 2.20. The maximum Gasteiger partial charge on any atom is 0.194 e. The van der Waals surface area contributed by atoms with E-state index in [2.05, 4.69) is 30.9 Å². The number of aliphatic imine (C=N–C) groups is 1. The summed E-state index contributed by atoms with van der Waals surface area (Å²) in [6.45, 7) is 6.69. The van der Waals surface area contributed by atoms with E-state index < -0.39 is 0 Å². The molecule has 2 fully saturated rings. The Labute approximate surface area is 151 Å². The van der Waals surface area contributed by atoms with Crippen LogP contribution in [-0.4, -0.2) is 64.6 Å². The highest BCUT2D eigenvalue weighted by atomic mass is 15.3. The zero-order chi connectivity index (χ0) is 17.1. The number of piperidine rings is 1. The van der Waals surface area contributed by atoms with Gasteiger partial charge in [0, 0.05) is 45.3 Å². The van der Waals surface area contributed by atoms with E-state index in [-0.39, 0.29) is 0 Å². The second kappa shape index (κ2) is 7.77. The molecule has 6 nitrogen and oxygen atoms in total. The lowest BCUT2D eigenvalue weighted by atomic mass is 10.1. The smallest absolute Gasteiger partial charge is 0.194 e. The number of aromatic nitrogens is 2. The molecule has 1 aromatic heterocycles. The summed E-state index contributed by atoms with van der Waals surface area (Å²) in [5.41, 5.74) is 1.14. The molecule has 3 aliphatic rings. The van der Waals surface area contributed by atoms with E-state index in [1.54, 1.807) is 0 Å². The largest absolute Gasteiger partial charge is 0.351 e. The van der Waals surface area contributed by atoms with Gasteiger partial charge in [-0.15, -0.1) is 0 Å². The number of nitrogens with one attached hydrogen (secondary N) is 1. The van der Waals surface area contributed by atoms with Crippen molar-refractivity contribution in [2.45, 2.75) is 64.1 Å². The van der Waals surface area contributed by atoms with Crippen LogP contribution in [0.4, 0.5) is 0 Å². The first-order chi connectivity index (χ1) is 12.3. The molecule has 0 aliphatic carbocycles. The summed E-state index contributed by atoms with van der Waals surface area (Å²) in [6, 6.07) is 0.707. The van der Waals surface area contributed by atoms with Gasteiger partial charge in [-0.1, -0.05) is 6.42 Å². The lowest BCUT2D eigenvalue weighted by molar-refractivity contribution is 0.168. The van der Waals surface area contributed by atoms with E-state index in [9.17, 15) is 0 Å². The molecule has 0 saturated carbocycles. The van der Waals surface area contributed by atoms with E-state index in [1.807, 2.05) is 7.05 Å². The van der Waals surface area contributed by atoms with E-state index in [0.29, 0.717) is 6.04 Å². The molecular weight excluding hydrogens is 312 g/mol. The number of guanidine groups is 1. The van der Waals surface area contributed by atoms with Gasteiger partial charge in [-0.05, 0) is 45.2 Å². The van der Waals surface area contributed by atoms with Crippen molar-refractivity contribution >= 4 is 5.96 Å². The van der Waals surface area contributed by atoms with Crippen LogP contribution in [0.5, 0.6) is 0 Å². The fraction of sp³-hybridized carbons (Fsp3) is 0.789. The highest BCUT2D eigenvalue weighted by molar-refractivity contribution is 5.80. The molecule has 1 atom stereocenters. The minimum atomic E-state index is 0.707. The summed E-state index contributed by atoms with van der Waals surface area (Å²) < 4.78 is 2.32. The Hall–Kier alpha value is -1.56. The quantitative estimate of drug-likeness (QED) is 0.672. The molecule has 6 heteroatoms. The van der Waals surface area contributed by atoms with Crippen molar-refractivity contribution in [2.24, 2.45) is 4.99 Å². The van der Waals surface area contributed by atoms with Crippen molar-refractivity contribution in [3.05, 3.63) is 17.7 Å². The topological polar surface area (TPSA) is 48.7 Å². The van der Waals surface area contributed by atoms with Gasteiger partial charge >= 0.3 is 0 Å². The Morgan fingerprint density at radius 1 is 1.16 bits per heavy atom. The predicted molar refractivity (Wildman–Crippen MR) is 101 cm³/mol. The molecule has 1 aromatic rings. The highest BCUT2D eigenvalue weighted by Gasteiger charge is 2.30. The van der Waals surface area contributed by atoms with Gasteiger partial charge in [0.25, 0.3) is 0 Å². The molecule has 4 rings (SSSR count). The van der Waals surface area contributed by atoms with Crippen LogP contribution in [0.3, 0.4) is 0 Å². The maximum absolute atomic E-state index is 4.79. The molecule has 0 aromatic carbocycles. The number of likely N-dealkylation sites (tertiary alicyclic amines) is 2. The van der Waals surface area contributed by atoms with Crippen LogP contribution in [0, 0.1) is 0 Å².